The van der Waals surface area contributed by atoms with Gasteiger partial charge in [0.2, 0.25) is 0 Å². The Hall–Kier alpha value is -1.26. The molecule has 0 aliphatic rings. The predicted molar refractivity (Wildman–Crippen MR) is 68.3 cm³/mol. The lowest BCUT2D eigenvalue weighted by Crippen LogP contribution is -2.26. The predicted octanol–water partition coefficient (Wildman–Crippen LogP) is 2.84. The van der Waals surface area contributed by atoms with E-state index in [2.05, 4.69) is 0 Å². The van der Waals surface area contributed by atoms with Gasteiger partial charge in [0.05, 0.1) is 12.3 Å². The maximum Gasteiger partial charge on any atom is 0.307 e. The van der Waals surface area contributed by atoms with Gasteiger partial charge in [-0.15, -0.1) is 11.6 Å². The minimum absolute atomic E-state index is 0.0336. The average Bonchev–Trinajstić information content (AvgIpc) is 2.30. The molecule has 0 heterocycles. The maximum absolute atomic E-state index is 11.1. The Morgan fingerprint density at radius 2 is 1.72 bits per heavy atom. The van der Waals surface area contributed by atoms with Crippen molar-refractivity contribution in [2.75, 3.05) is 5.88 Å². The lowest BCUT2D eigenvalue weighted by Gasteiger charge is -2.21. The third kappa shape index (κ3) is 3.89. The van der Waals surface area contributed by atoms with Crippen LogP contribution in [0.15, 0.2) is 24.3 Å². The molecule has 1 aromatic rings. The van der Waals surface area contributed by atoms with Gasteiger partial charge in [0.15, 0.2) is 0 Å². The molecular weight excluding hydrogens is 279 g/mol. The van der Waals surface area contributed by atoms with Gasteiger partial charge < -0.3 is 10.2 Å². The zero-order chi connectivity index (χ0) is 13.7. The van der Waals surface area contributed by atoms with E-state index < -0.39 is 30.2 Å². The van der Waals surface area contributed by atoms with Gasteiger partial charge in [-0.2, -0.15) is 0 Å². The van der Waals surface area contributed by atoms with Crippen LogP contribution in [0.1, 0.15) is 17.9 Å². The number of alkyl halides is 1. The van der Waals surface area contributed by atoms with Crippen LogP contribution in [0.2, 0.25) is 5.02 Å². The van der Waals surface area contributed by atoms with E-state index in [-0.39, 0.29) is 5.88 Å². The largest absolute Gasteiger partial charge is 0.481 e. The van der Waals surface area contributed by atoms with Crippen LogP contribution in [0.3, 0.4) is 0 Å². The van der Waals surface area contributed by atoms with Crippen LogP contribution in [-0.2, 0) is 9.59 Å². The van der Waals surface area contributed by atoms with E-state index in [4.69, 9.17) is 33.4 Å². The molecule has 4 nitrogen and oxygen atoms in total. The smallest absolute Gasteiger partial charge is 0.307 e. The summed E-state index contributed by atoms with van der Waals surface area (Å²) in [6.07, 6.45) is -0.463. The van der Waals surface area contributed by atoms with Gasteiger partial charge in [-0.1, -0.05) is 23.7 Å². The number of halogens is 2. The van der Waals surface area contributed by atoms with Gasteiger partial charge in [0.1, 0.15) is 0 Å². The van der Waals surface area contributed by atoms with Gasteiger partial charge in [0.25, 0.3) is 0 Å². The minimum Gasteiger partial charge on any atom is -0.481 e. The molecule has 0 aliphatic carbocycles. The molecule has 0 saturated heterocycles. The van der Waals surface area contributed by atoms with Crippen molar-refractivity contribution in [3.63, 3.8) is 0 Å². The van der Waals surface area contributed by atoms with E-state index in [1.54, 1.807) is 24.3 Å². The van der Waals surface area contributed by atoms with Gasteiger partial charge in [-0.05, 0) is 17.7 Å². The summed E-state index contributed by atoms with van der Waals surface area (Å²) in [4.78, 5) is 21.8. The molecule has 0 radical (unpaired) electrons. The topological polar surface area (TPSA) is 74.6 Å². The zero-order valence-corrected chi connectivity index (χ0v) is 10.9. The summed E-state index contributed by atoms with van der Waals surface area (Å²) in [6, 6.07) is 6.56. The first-order chi connectivity index (χ1) is 8.45. The van der Waals surface area contributed by atoms with E-state index in [0.29, 0.717) is 10.6 Å². The quantitative estimate of drug-likeness (QED) is 0.790. The lowest BCUT2D eigenvalue weighted by molar-refractivity contribution is -0.148. The van der Waals surface area contributed by atoms with E-state index in [1.165, 1.54) is 0 Å². The number of carboxylic acids is 2. The molecule has 0 amide bonds. The summed E-state index contributed by atoms with van der Waals surface area (Å²) in [7, 11) is 0. The fourth-order valence-electron chi connectivity index (χ4n) is 1.73. The fraction of sp³-hybridized carbons (Fsp3) is 0.333. The lowest BCUT2D eigenvalue weighted by atomic mass is 9.85. The van der Waals surface area contributed by atoms with E-state index >= 15 is 0 Å². The molecule has 18 heavy (non-hydrogen) atoms. The highest BCUT2D eigenvalue weighted by Gasteiger charge is 2.30. The third-order valence-electron chi connectivity index (χ3n) is 2.66. The molecule has 0 spiro atoms. The van der Waals surface area contributed by atoms with E-state index in [9.17, 15) is 9.59 Å². The summed E-state index contributed by atoms with van der Waals surface area (Å²) in [6.45, 7) is 0. The number of rotatable bonds is 6. The standard InChI is InChI=1S/C12H12Cl2O4/c13-6-10(7-1-3-8(14)4-2-7)9(12(17)18)5-11(15)16/h1-4,9-10H,5-6H2,(H,15,16)(H,17,18)/t9?,10-/m1/s1. The molecule has 2 atom stereocenters. The summed E-state index contributed by atoms with van der Waals surface area (Å²) >= 11 is 11.5. The number of hydrogen-bond acceptors (Lipinski definition) is 2. The van der Waals surface area contributed by atoms with Crippen molar-refractivity contribution >= 4 is 35.1 Å². The Morgan fingerprint density at radius 1 is 1.17 bits per heavy atom. The first-order valence-corrected chi connectivity index (χ1v) is 6.13. The molecule has 98 valence electrons. The molecule has 2 N–H and O–H groups in total. The highest BCUT2D eigenvalue weighted by molar-refractivity contribution is 6.30. The van der Waals surface area contributed by atoms with Gasteiger partial charge in [-0.25, -0.2) is 0 Å². The molecule has 1 aromatic carbocycles. The summed E-state index contributed by atoms with van der Waals surface area (Å²) < 4.78 is 0. The molecule has 1 unspecified atom stereocenters. The molecule has 0 aromatic heterocycles. The van der Waals surface area contributed by atoms with Crippen LogP contribution in [0.25, 0.3) is 0 Å². The first kappa shape index (κ1) is 14.8. The molecule has 0 saturated carbocycles. The Kier molecular flexibility index (Phi) is 5.44. The SMILES string of the molecule is O=C(O)CC(C(=O)O)[C@H](CCl)c1ccc(Cl)cc1. The molecular formula is C12H12Cl2O4. The van der Waals surface area contributed by atoms with Gasteiger partial charge in [-0.3, -0.25) is 9.59 Å². The first-order valence-electron chi connectivity index (χ1n) is 5.21. The third-order valence-corrected chi connectivity index (χ3v) is 3.25. The number of aliphatic carboxylic acids is 2. The van der Waals surface area contributed by atoms with Crippen molar-refractivity contribution in [2.45, 2.75) is 12.3 Å². The molecule has 0 fully saturated rings. The highest BCUT2D eigenvalue weighted by atomic mass is 35.5. The van der Waals surface area contributed by atoms with Crippen molar-refractivity contribution in [2.24, 2.45) is 5.92 Å². The second-order valence-electron chi connectivity index (χ2n) is 3.85. The van der Waals surface area contributed by atoms with Crippen LogP contribution in [0.4, 0.5) is 0 Å². The van der Waals surface area contributed by atoms with Crippen molar-refractivity contribution in [3.8, 4) is 0 Å². The number of carboxylic acid groups (broad SMARTS) is 2. The maximum atomic E-state index is 11.1. The van der Waals surface area contributed by atoms with E-state index in [0.717, 1.165) is 0 Å². The normalized spacial score (nSPS) is 13.9. The Bertz CT molecular complexity index is 430. The summed E-state index contributed by atoms with van der Waals surface area (Å²) in [5.74, 6) is -3.91. The van der Waals surface area contributed by atoms with Crippen molar-refractivity contribution in [3.05, 3.63) is 34.9 Å². The molecule has 1 rings (SSSR count). The Balaban J connectivity index is 3.01. The second-order valence-corrected chi connectivity index (χ2v) is 4.60. The average molecular weight is 291 g/mol. The van der Waals surface area contributed by atoms with Crippen LogP contribution < -0.4 is 0 Å². The van der Waals surface area contributed by atoms with E-state index in [1.807, 2.05) is 0 Å². The molecule has 0 aliphatic heterocycles. The van der Waals surface area contributed by atoms with Gasteiger partial charge in [0, 0.05) is 16.8 Å². The van der Waals surface area contributed by atoms with Crippen LogP contribution in [0.5, 0.6) is 0 Å². The highest BCUT2D eigenvalue weighted by Crippen LogP contribution is 2.29. The fourth-order valence-corrected chi connectivity index (χ4v) is 2.25. The van der Waals surface area contributed by atoms with Crippen molar-refractivity contribution in [1.82, 2.24) is 0 Å². The number of benzene rings is 1. The van der Waals surface area contributed by atoms with Crippen molar-refractivity contribution in [1.29, 1.82) is 0 Å². The number of carbonyl (C=O) groups is 2. The summed E-state index contributed by atoms with van der Waals surface area (Å²) in [5, 5.41) is 18.4. The Labute approximate surface area is 114 Å². The Morgan fingerprint density at radius 3 is 2.11 bits per heavy atom. The minimum atomic E-state index is -1.17. The molecule has 6 heteroatoms. The van der Waals surface area contributed by atoms with Crippen LogP contribution in [0, 0.1) is 5.92 Å². The summed E-state index contributed by atoms with van der Waals surface area (Å²) in [5.41, 5.74) is 0.669. The van der Waals surface area contributed by atoms with Crippen molar-refractivity contribution < 1.29 is 19.8 Å². The number of hydrogen-bond donors (Lipinski definition) is 2. The monoisotopic (exact) mass is 290 g/mol. The zero-order valence-electron chi connectivity index (χ0n) is 9.35. The van der Waals surface area contributed by atoms with Crippen LogP contribution >= 0.6 is 23.2 Å². The second kappa shape index (κ2) is 6.61. The van der Waals surface area contributed by atoms with Gasteiger partial charge >= 0.3 is 11.9 Å². The van der Waals surface area contributed by atoms with Crippen LogP contribution in [-0.4, -0.2) is 28.0 Å². The molecule has 0 bridgehead atoms.